The largest absolute Gasteiger partial charge is 0.484 e. The Morgan fingerprint density at radius 2 is 1.75 bits per heavy atom. The van der Waals surface area contributed by atoms with Crippen molar-refractivity contribution in [3.63, 3.8) is 0 Å². The van der Waals surface area contributed by atoms with E-state index < -0.39 is 0 Å². The summed E-state index contributed by atoms with van der Waals surface area (Å²) >= 11 is 0. The quantitative estimate of drug-likeness (QED) is 0.741. The number of fused-ring (bicyclic) bond motifs is 1. The predicted octanol–water partition coefficient (Wildman–Crippen LogP) is 3.41. The smallest absolute Gasteiger partial charge is 0.264 e. The van der Waals surface area contributed by atoms with Crippen molar-refractivity contribution >= 4 is 17.6 Å². The van der Waals surface area contributed by atoms with E-state index in [1.165, 1.54) is 6.20 Å². The van der Waals surface area contributed by atoms with Gasteiger partial charge in [0, 0.05) is 12.6 Å². The van der Waals surface area contributed by atoms with Gasteiger partial charge >= 0.3 is 0 Å². The lowest BCUT2D eigenvalue weighted by Crippen LogP contribution is -2.24. The fourth-order valence-corrected chi connectivity index (χ4v) is 3.29. The van der Waals surface area contributed by atoms with Gasteiger partial charge in [0.25, 0.3) is 5.91 Å². The fourth-order valence-electron chi connectivity index (χ4n) is 3.29. The van der Waals surface area contributed by atoms with Crippen LogP contribution in [0.4, 0.5) is 5.95 Å². The minimum atomic E-state index is -0.356. The number of nitrogens with one attached hydrogen (secondary N) is 1. The number of anilines is 1. The molecule has 1 N–H and O–H groups in total. The zero-order valence-corrected chi connectivity index (χ0v) is 15.2. The van der Waals surface area contributed by atoms with Crippen molar-refractivity contribution in [3.05, 3.63) is 83.7 Å². The summed E-state index contributed by atoms with van der Waals surface area (Å²) in [5.41, 5.74) is 2.31. The Kier molecular flexibility index (Phi) is 5.10. The first-order valence-electron chi connectivity index (χ1n) is 9.11. The first kappa shape index (κ1) is 17.9. The third kappa shape index (κ3) is 4.06. The van der Waals surface area contributed by atoms with Crippen molar-refractivity contribution < 1.29 is 14.3 Å². The molecule has 0 fully saturated rings. The summed E-state index contributed by atoms with van der Waals surface area (Å²) in [5, 5.41) is 2.63. The molecule has 1 atom stereocenters. The molecule has 0 saturated carbocycles. The van der Waals surface area contributed by atoms with Crippen molar-refractivity contribution in [2.24, 2.45) is 0 Å². The standard InChI is InChI=1S/C22H19N3O3/c26-20-12-16(15-7-3-1-4-8-15)11-19-18(20)13-23-22(24-19)25-21(27)14-28-17-9-5-2-6-10-17/h1-10,13,16H,11-12,14H2,(H,23,24,25,27)/t16-/m1/s1. The summed E-state index contributed by atoms with van der Waals surface area (Å²) in [6.07, 6.45) is 2.58. The third-order valence-corrected chi connectivity index (χ3v) is 4.67. The molecule has 140 valence electrons. The van der Waals surface area contributed by atoms with Crippen LogP contribution >= 0.6 is 0 Å². The van der Waals surface area contributed by atoms with Gasteiger partial charge < -0.3 is 4.74 Å². The number of Topliss-reactive ketones (excluding diaryl/α,β-unsaturated/α-hetero) is 1. The van der Waals surface area contributed by atoms with Crippen molar-refractivity contribution in [1.82, 2.24) is 9.97 Å². The number of rotatable bonds is 5. The van der Waals surface area contributed by atoms with Gasteiger partial charge in [-0.15, -0.1) is 0 Å². The molecule has 2 aromatic carbocycles. The van der Waals surface area contributed by atoms with Gasteiger partial charge in [-0.3, -0.25) is 14.9 Å². The number of amides is 1. The molecule has 1 aliphatic carbocycles. The van der Waals surface area contributed by atoms with E-state index in [1.54, 1.807) is 12.1 Å². The van der Waals surface area contributed by atoms with Gasteiger partial charge in [-0.2, -0.15) is 0 Å². The molecule has 0 spiro atoms. The van der Waals surface area contributed by atoms with Gasteiger partial charge in [-0.05, 0) is 30.0 Å². The molecule has 1 aliphatic rings. The zero-order chi connectivity index (χ0) is 19.3. The maximum Gasteiger partial charge on any atom is 0.264 e. The molecule has 6 heteroatoms. The van der Waals surface area contributed by atoms with E-state index in [0.29, 0.717) is 29.8 Å². The summed E-state index contributed by atoms with van der Waals surface area (Å²) in [5.74, 6) is 0.550. The third-order valence-electron chi connectivity index (χ3n) is 4.67. The Hall–Kier alpha value is -3.54. The molecule has 0 unspecified atom stereocenters. The maximum absolute atomic E-state index is 12.5. The van der Waals surface area contributed by atoms with Gasteiger partial charge in [-0.1, -0.05) is 48.5 Å². The van der Waals surface area contributed by atoms with Crippen molar-refractivity contribution in [2.75, 3.05) is 11.9 Å². The number of aromatic nitrogens is 2. The second-order valence-electron chi connectivity index (χ2n) is 6.64. The highest BCUT2D eigenvalue weighted by molar-refractivity contribution is 5.99. The first-order chi connectivity index (χ1) is 13.7. The molecule has 3 aromatic rings. The Balaban J connectivity index is 1.44. The molecule has 1 heterocycles. The van der Waals surface area contributed by atoms with Gasteiger partial charge in [0.1, 0.15) is 5.75 Å². The van der Waals surface area contributed by atoms with E-state index in [0.717, 1.165) is 5.56 Å². The summed E-state index contributed by atoms with van der Waals surface area (Å²) < 4.78 is 5.42. The molecule has 1 aromatic heterocycles. The molecule has 0 saturated heterocycles. The van der Waals surface area contributed by atoms with E-state index in [1.807, 2.05) is 48.5 Å². The average Bonchev–Trinajstić information content (AvgIpc) is 2.73. The van der Waals surface area contributed by atoms with Gasteiger partial charge in [0.05, 0.1) is 11.3 Å². The van der Waals surface area contributed by atoms with Crippen molar-refractivity contribution in [2.45, 2.75) is 18.8 Å². The minimum Gasteiger partial charge on any atom is -0.484 e. The van der Waals surface area contributed by atoms with Crippen LogP contribution in [0.3, 0.4) is 0 Å². The van der Waals surface area contributed by atoms with E-state index in [-0.39, 0.29) is 30.2 Å². The topological polar surface area (TPSA) is 81.2 Å². The van der Waals surface area contributed by atoms with Crippen LogP contribution in [-0.2, 0) is 11.2 Å². The van der Waals surface area contributed by atoms with E-state index in [4.69, 9.17) is 4.74 Å². The second-order valence-corrected chi connectivity index (χ2v) is 6.64. The summed E-state index contributed by atoms with van der Waals surface area (Å²) in [4.78, 5) is 33.1. The van der Waals surface area contributed by atoms with Crippen LogP contribution in [0.15, 0.2) is 66.9 Å². The van der Waals surface area contributed by atoms with Gasteiger partial charge in [-0.25, -0.2) is 9.97 Å². The lowest BCUT2D eigenvalue weighted by Gasteiger charge is -2.23. The highest BCUT2D eigenvalue weighted by Crippen LogP contribution is 2.31. The van der Waals surface area contributed by atoms with E-state index in [9.17, 15) is 9.59 Å². The molecule has 1 amide bonds. The van der Waals surface area contributed by atoms with Crippen LogP contribution in [0.1, 0.15) is 34.0 Å². The highest BCUT2D eigenvalue weighted by atomic mass is 16.5. The number of hydrogen-bond acceptors (Lipinski definition) is 5. The van der Waals surface area contributed by atoms with Crippen LogP contribution in [0, 0.1) is 0 Å². The monoisotopic (exact) mass is 373 g/mol. The summed E-state index contributed by atoms with van der Waals surface area (Å²) in [6, 6.07) is 19.0. The van der Waals surface area contributed by atoms with Gasteiger partial charge in [0.15, 0.2) is 12.4 Å². The minimum absolute atomic E-state index is 0.0281. The van der Waals surface area contributed by atoms with Crippen LogP contribution in [0.25, 0.3) is 0 Å². The van der Waals surface area contributed by atoms with Crippen molar-refractivity contribution in [3.8, 4) is 5.75 Å². The molecule has 0 radical (unpaired) electrons. The fraction of sp³-hybridized carbons (Fsp3) is 0.182. The summed E-state index contributed by atoms with van der Waals surface area (Å²) in [7, 11) is 0. The Morgan fingerprint density at radius 1 is 1.04 bits per heavy atom. The predicted molar refractivity (Wildman–Crippen MR) is 104 cm³/mol. The molecule has 0 bridgehead atoms. The normalized spacial score (nSPS) is 15.6. The lowest BCUT2D eigenvalue weighted by molar-refractivity contribution is -0.118. The van der Waals surface area contributed by atoms with Crippen LogP contribution in [-0.4, -0.2) is 28.3 Å². The maximum atomic E-state index is 12.5. The van der Waals surface area contributed by atoms with E-state index >= 15 is 0 Å². The Morgan fingerprint density at radius 3 is 2.50 bits per heavy atom. The SMILES string of the molecule is O=C(COc1ccccc1)Nc1ncc2c(n1)C[C@@H](c1ccccc1)CC2=O. The number of nitrogens with zero attached hydrogens (tertiary/aromatic N) is 2. The second kappa shape index (κ2) is 8.00. The number of ketones is 1. The molecule has 6 nitrogen and oxygen atoms in total. The molecule has 4 rings (SSSR count). The number of benzene rings is 2. The highest BCUT2D eigenvalue weighted by Gasteiger charge is 2.28. The first-order valence-corrected chi connectivity index (χ1v) is 9.11. The number of carbonyl (C=O) groups is 2. The van der Waals surface area contributed by atoms with Crippen LogP contribution in [0.5, 0.6) is 5.75 Å². The summed E-state index contributed by atoms with van der Waals surface area (Å²) in [6.45, 7) is -0.143. The Bertz CT molecular complexity index is 990. The Labute approximate surface area is 162 Å². The average molecular weight is 373 g/mol. The van der Waals surface area contributed by atoms with Crippen LogP contribution in [0.2, 0.25) is 0 Å². The number of hydrogen-bond donors (Lipinski definition) is 1. The number of ether oxygens (including phenoxy) is 1. The molecule has 0 aliphatic heterocycles. The van der Waals surface area contributed by atoms with Crippen molar-refractivity contribution in [1.29, 1.82) is 0 Å². The molecular formula is C22H19N3O3. The number of para-hydroxylation sites is 1. The lowest BCUT2D eigenvalue weighted by atomic mass is 9.82. The molecule has 28 heavy (non-hydrogen) atoms. The van der Waals surface area contributed by atoms with E-state index in [2.05, 4.69) is 15.3 Å². The number of carbonyl (C=O) groups excluding carboxylic acids is 2. The zero-order valence-electron chi connectivity index (χ0n) is 15.2. The molecular weight excluding hydrogens is 354 g/mol. The van der Waals surface area contributed by atoms with Crippen LogP contribution < -0.4 is 10.1 Å². The van der Waals surface area contributed by atoms with Gasteiger partial charge in [0.2, 0.25) is 5.95 Å².